The third-order valence-electron chi connectivity index (χ3n) is 2.96. The maximum atomic E-state index is 12.0. The molecule has 2 heterocycles. The molecule has 18 heavy (non-hydrogen) atoms. The van der Waals surface area contributed by atoms with Crippen molar-refractivity contribution in [2.75, 3.05) is 25.1 Å². The van der Waals surface area contributed by atoms with Crippen molar-refractivity contribution in [1.29, 1.82) is 0 Å². The number of aromatic amines is 1. The minimum absolute atomic E-state index is 0.0422. The summed E-state index contributed by atoms with van der Waals surface area (Å²) in [5, 5.41) is 9.17. The number of carbonyl (C=O) groups excluding carboxylic acids is 1. The highest BCUT2D eigenvalue weighted by molar-refractivity contribution is 5.91. The van der Waals surface area contributed by atoms with E-state index in [9.17, 15) is 4.79 Å². The lowest BCUT2D eigenvalue weighted by Gasteiger charge is -2.27. The standard InChI is InChI=1S/C11H18N4O3/c1-3-18-11-13-10(14-15-11)12-9(16)8-4-5-17-6-7(8)2/h7-8H,3-6H2,1-2H3,(H2,12,13,14,15,16). The van der Waals surface area contributed by atoms with Gasteiger partial charge in [-0.3, -0.25) is 10.1 Å². The van der Waals surface area contributed by atoms with E-state index in [1.54, 1.807) is 0 Å². The van der Waals surface area contributed by atoms with Crippen LogP contribution in [-0.4, -0.2) is 40.9 Å². The molecule has 100 valence electrons. The molecule has 1 aliphatic heterocycles. The number of ether oxygens (including phenoxy) is 2. The van der Waals surface area contributed by atoms with Crippen molar-refractivity contribution in [3.05, 3.63) is 0 Å². The van der Waals surface area contributed by atoms with Crippen LogP contribution in [0.1, 0.15) is 20.3 Å². The van der Waals surface area contributed by atoms with E-state index in [1.807, 2.05) is 13.8 Å². The predicted molar refractivity (Wildman–Crippen MR) is 64.3 cm³/mol. The Morgan fingerprint density at radius 3 is 3.22 bits per heavy atom. The van der Waals surface area contributed by atoms with Gasteiger partial charge in [0.15, 0.2) is 0 Å². The summed E-state index contributed by atoms with van der Waals surface area (Å²) < 4.78 is 10.4. The van der Waals surface area contributed by atoms with Gasteiger partial charge in [-0.1, -0.05) is 6.92 Å². The Morgan fingerprint density at radius 1 is 1.67 bits per heavy atom. The summed E-state index contributed by atoms with van der Waals surface area (Å²) in [5.41, 5.74) is 0. The van der Waals surface area contributed by atoms with E-state index in [1.165, 1.54) is 0 Å². The molecular formula is C11H18N4O3. The average molecular weight is 254 g/mol. The molecule has 1 aromatic heterocycles. The fraction of sp³-hybridized carbons (Fsp3) is 0.727. The zero-order chi connectivity index (χ0) is 13.0. The van der Waals surface area contributed by atoms with E-state index in [0.717, 1.165) is 6.42 Å². The molecule has 2 rings (SSSR count). The number of hydrogen-bond donors (Lipinski definition) is 2. The van der Waals surface area contributed by atoms with Gasteiger partial charge in [0.25, 0.3) is 0 Å². The first-order chi connectivity index (χ1) is 8.70. The molecule has 1 fully saturated rings. The van der Waals surface area contributed by atoms with Crippen LogP contribution in [0.25, 0.3) is 0 Å². The number of rotatable bonds is 4. The lowest BCUT2D eigenvalue weighted by atomic mass is 9.89. The Balaban J connectivity index is 1.93. The summed E-state index contributed by atoms with van der Waals surface area (Å²) in [4.78, 5) is 16.1. The molecule has 2 N–H and O–H groups in total. The van der Waals surface area contributed by atoms with Gasteiger partial charge in [-0.2, -0.15) is 4.98 Å². The predicted octanol–water partition coefficient (Wildman–Crippen LogP) is 0.814. The van der Waals surface area contributed by atoms with Crippen LogP contribution in [0.2, 0.25) is 0 Å². The number of nitrogens with one attached hydrogen (secondary N) is 2. The third kappa shape index (κ3) is 2.98. The number of nitrogens with zero attached hydrogens (tertiary/aromatic N) is 2. The van der Waals surface area contributed by atoms with Gasteiger partial charge in [0.1, 0.15) is 0 Å². The first kappa shape index (κ1) is 12.8. The van der Waals surface area contributed by atoms with E-state index in [0.29, 0.717) is 25.8 Å². The van der Waals surface area contributed by atoms with Crippen LogP contribution < -0.4 is 10.1 Å². The van der Waals surface area contributed by atoms with Crippen molar-refractivity contribution in [3.63, 3.8) is 0 Å². The zero-order valence-electron chi connectivity index (χ0n) is 10.6. The van der Waals surface area contributed by atoms with Crippen molar-refractivity contribution >= 4 is 11.9 Å². The first-order valence-electron chi connectivity index (χ1n) is 6.14. The number of carbonyl (C=O) groups is 1. The average Bonchev–Trinajstić information content (AvgIpc) is 2.77. The van der Waals surface area contributed by atoms with Crippen LogP contribution in [0, 0.1) is 11.8 Å². The fourth-order valence-electron chi connectivity index (χ4n) is 1.98. The van der Waals surface area contributed by atoms with E-state index >= 15 is 0 Å². The van der Waals surface area contributed by atoms with Crippen LogP contribution >= 0.6 is 0 Å². The summed E-state index contributed by atoms with van der Waals surface area (Å²) >= 11 is 0. The highest BCUT2D eigenvalue weighted by Gasteiger charge is 2.28. The summed E-state index contributed by atoms with van der Waals surface area (Å²) in [6.45, 7) is 5.59. The molecule has 0 saturated carbocycles. The monoisotopic (exact) mass is 254 g/mol. The van der Waals surface area contributed by atoms with Crippen LogP contribution in [0.5, 0.6) is 6.01 Å². The Hall–Kier alpha value is -1.63. The topological polar surface area (TPSA) is 89.1 Å². The Labute approximate surface area is 105 Å². The third-order valence-corrected chi connectivity index (χ3v) is 2.96. The van der Waals surface area contributed by atoms with Gasteiger partial charge in [-0.25, -0.2) is 5.10 Å². The van der Waals surface area contributed by atoms with Crippen LogP contribution in [0.15, 0.2) is 0 Å². The molecule has 0 spiro atoms. The lowest BCUT2D eigenvalue weighted by Crippen LogP contribution is -2.35. The minimum atomic E-state index is -0.0509. The first-order valence-corrected chi connectivity index (χ1v) is 6.14. The Morgan fingerprint density at radius 2 is 2.50 bits per heavy atom. The maximum Gasteiger partial charge on any atom is 0.337 e. The normalized spacial score (nSPS) is 23.7. The van der Waals surface area contributed by atoms with Gasteiger partial charge < -0.3 is 9.47 Å². The van der Waals surface area contributed by atoms with Gasteiger partial charge in [-0.05, 0) is 19.3 Å². The van der Waals surface area contributed by atoms with Gasteiger partial charge in [0, 0.05) is 19.1 Å². The molecule has 0 bridgehead atoms. The highest BCUT2D eigenvalue weighted by Crippen LogP contribution is 2.22. The number of amides is 1. The summed E-state index contributed by atoms with van der Waals surface area (Å²) in [6, 6.07) is 0.243. The highest BCUT2D eigenvalue weighted by atomic mass is 16.5. The van der Waals surface area contributed by atoms with Gasteiger partial charge in [-0.15, -0.1) is 5.10 Å². The minimum Gasteiger partial charge on any atom is -0.463 e. The van der Waals surface area contributed by atoms with Crippen molar-refractivity contribution in [3.8, 4) is 6.01 Å². The van der Waals surface area contributed by atoms with Gasteiger partial charge >= 0.3 is 6.01 Å². The second kappa shape index (κ2) is 5.81. The molecule has 0 aliphatic carbocycles. The molecule has 1 aromatic rings. The maximum absolute atomic E-state index is 12.0. The molecule has 7 nitrogen and oxygen atoms in total. The van der Waals surface area contributed by atoms with Crippen LogP contribution in [0.3, 0.4) is 0 Å². The van der Waals surface area contributed by atoms with Crippen molar-refractivity contribution < 1.29 is 14.3 Å². The van der Waals surface area contributed by atoms with Crippen molar-refractivity contribution in [2.45, 2.75) is 20.3 Å². The van der Waals surface area contributed by atoms with Gasteiger partial charge in [0.2, 0.25) is 11.9 Å². The van der Waals surface area contributed by atoms with E-state index in [-0.39, 0.29) is 23.8 Å². The fourth-order valence-corrected chi connectivity index (χ4v) is 1.98. The summed E-state index contributed by atoms with van der Waals surface area (Å²) in [6.07, 6.45) is 0.736. The smallest absolute Gasteiger partial charge is 0.337 e. The molecule has 0 aromatic carbocycles. The summed E-state index contributed by atoms with van der Waals surface area (Å²) in [7, 11) is 0. The number of hydrogen-bond acceptors (Lipinski definition) is 5. The molecule has 7 heteroatoms. The molecule has 1 amide bonds. The molecule has 1 saturated heterocycles. The van der Waals surface area contributed by atoms with E-state index in [2.05, 4.69) is 20.5 Å². The molecule has 1 aliphatic rings. The van der Waals surface area contributed by atoms with E-state index < -0.39 is 0 Å². The quantitative estimate of drug-likeness (QED) is 0.830. The molecule has 0 radical (unpaired) electrons. The van der Waals surface area contributed by atoms with Crippen LogP contribution in [-0.2, 0) is 9.53 Å². The number of anilines is 1. The Kier molecular flexibility index (Phi) is 4.14. The second-order valence-electron chi connectivity index (χ2n) is 4.34. The van der Waals surface area contributed by atoms with Gasteiger partial charge in [0.05, 0.1) is 6.61 Å². The number of aromatic nitrogens is 3. The van der Waals surface area contributed by atoms with Crippen molar-refractivity contribution in [1.82, 2.24) is 15.2 Å². The lowest BCUT2D eigenvalue weighted by molar-refractivity contribution is -0.125. The number of H-pyrrole nitrogens is 1. The molecule has 2 atom stereocenters. The van der Waals surface area contributed by atoms with E-state index in [4.69, 9.17) is 9.47 Å². The molecule has 2 unspecified atom stereocenters. The molecular weight excluding hydrogens is 236 g/mol. The Bertz CT molecular complexity index is 407. The van der Waals surface area contributed by atoms with Crippen LogP contribution in [0.4, 0.5) is 5.95 Å². The zero-order valence-corrected chi connectivity index (χ0v) is 10.6. The van der Waals surface area contributed by atoms with Crippen molar-refractivity contribution in [2.24, 2.45) is 11.8 Å². The largest absolute Gasteiger partial charge is 0.463 e. The second-order valence-corrected chi connectivity index (χ2v) is 4.34. The summed E-state index contributed by atoms with van der Waals surface area (Å²) in [5.74, 6) is 0.444. The SMILES string of the molecule is CCOc1n[nH]c(NC(=O)C2CCOCC2C)n1.